The van der Waals surface area contributed by atoms with E-state index < -0.39 is 17.5 Å². The summed E-state index contributed by atoms with van der Waals surface area (Å²) in [6.45, 7) is 5.52. The highest BCUT2D eigenvalue weighted by Gasteiger charge is 2.27. The van der Waals surface area contributed by atoms with Crippen molar-refractivity contribution in [3.05, 3.63) is 58.9 Å². The maximum absolute atomic E-state index is 13.7. The van der Waals surface area contributed by atoms with Crippen molar-refractivity contribution >= 4 is 17.4 Å². The molecule has 0 saturated carbocycles. The number of aromatic nitrogens is 2. The third-order valence-corrected chi connectivity index (χ3v) is 6.19. The van der Waals surface area contributed by atoms with Crippen molar-refractivity contribution in [2.75, 3.05) is 0 Å². The van der Waals surface area contributed by atoms with Crippen LogP contribution in [0, 0.1) is 17.1 Å². The van der Waals surface area contributed by atoms with Crippen LogP contribution in [0.15, 0.2) is 36.4 Å². The number of nitrogens with zero attached hydrogens (tertiary/aromatic N) is 3. The van der Waals surface area contributed by atoms with Gasteiger partial charge in [-0.1, -0.05) is 29.5 Å². The molecule has 0 radical (unpaired) electrons. The zero-order chi connectivity index (χ0) is 22.9. The van der Waals surface area contributed by atoms with Gasteiger partial charge in [0.25, 0.3) is 0 Å². The molecule has 1 heterocycles. The molecule has 1 amide bonds. The molecule has 32 heavy (non-hydrogen) atoms. The molecule has 0 saturated heterocycles. The van der Waals surface area contributed by atoms with Gasteiger partial charge in [-0.25, -0.2) is 9.18 Å². The molecule has 0 spiro atoms. The van der Waals surface area contributed by atoms with Crippen molar-refractivity contribution in [1.82, 2.24) is 15.5 Å². The van der Waals surface area contributed by atoms with Crippen molar-refractivity contribution in [2.24, 2.45) is 0 Å². The maximum atomic E-state index is 13.7. The van der Waals surface area contributed by atoms with Gasteiger partial charge in [0.05, 0.1) is 11.6 Å². The second-order valence-corrected chi connectivity index (χ2v) is 9.66. The monoisotopic (exact) mass is 450 g/mol. The number of amides is 1. The summed E-state index contributed by atoms with van der Waals surface area (Å²) in [5, 5.41) is 22.1. The van der Waals surface area contributed by atoms with Crippen molar-refractivity contribution in [3.8, 4) is 27.2 Å². The summed E-state index contributed by atoms with van der Waals surface area (Å²) in [4.78, 5) is 12.3. The number of hydrogen-bond acceptors (Lipinski definition) is 6. The minimum atomic E-state index is -0.557. The van der Waals surface area contributed by atoms with Gasteiger partial charge < -0.3 is 10.1 Å². The predicted octanol–water partition coefficient (Wildman–Crippen LogP) is 5.78. The lowest BCUT2D eigenvalue weighted by molar-refractivity contribution is 0.0498. The van der Waals surface area contributed by atoms with Crippen molar-refractivity contribution < 1.29 is 13.9 Å². The van der Waals surface area contributed by atoms with E-state index in [2.05, 4.69) is 15.5 Å². The molecule has 1 atom stereocenters. The summed E-state index contributed by atoms with van der Waals surface area (Å²) < 4.78 is 19.1. The Morgan fingerprint density at radius 3 is 2.78 bits per heavy atom. The van der Waals surface area contributed by atoms with E-state index in [4.69, 9.17) is 10.00 Å². The SMILES string of the molecule is CC(C)(C)OC(=O)NC1CCCc2c(-c3nnc(-c4ccc(F)c(C#N)c4)s3)cccc21. The molecule has 0 bridgehead atoms. The van der Waals surface area contributed by atoms with Gasteiger partial charge in [-0.05, 0) is 69.4 Å². The number of ether oxygens (including phenoxy) is 1. The lowest BCUT2D eigenvalue weighted by atomic mass is 9.85. The molecular formula is C24H23FN4O2S. The van der Waals surface area contributed by atoms with E-state index >= 15 is 0 Å². The van der Waals surface area contributed by atoms with E-state index in [0.29, 0.717) is 10.6 Å². The van der Waals surface area contributed by atoms with Gasteiger partial charge >= 0.3 is 6.09 Å². The largest absolute Gasteiger partial charge is 0.444 e. The number of halogens is 1. The molecular weight excluding hydrogens is 427 g/mol. The fourth-order valence-corrected chi connectivity index (χ4v) is 4.73. The third kappa shape index (κ3) is 4.63. The van der Waals surface area contributed by atoms with Crippen LogP contribution < -0.4 is 5.32 Å². The topological polar surface area (TPSA) is 87.9 Å². The quantitative estimate of drug-likeness (QED) is 0.546. The fourth-order valence-electron chi connectivity index (χ4n) is 3.84. The summed E-state index contributed by atoms with van der Waals surface area (Å²) in [5.74, 6) is -0.554. The van der Waals surface area contributed by atoms with Crippen LogP contribution in [0.25, 0.3) is 21.1 Å². The Morgan fingerprint density at radius 1 is 1.25 bits per heavy atom. The minimum absolute atomic E-state index is 0.0209. The Bertz CT molecular complexity index is 1210. The van der Waals surface area contributed by atoms with E-state index in [9.17, 15) is 9.18 Å². The highest BCUT2D eigenvalue weighted by atomic mass is 32.1. The third-order valence-electron chi connectivity index (χ3n) is 5.19. The minimum Gasteiger partial charge on any atom is -0.444 e. The van der Waals surface area contributed by atoms with E-state index in [-0.39, 0.29) is 11.6 Å². The molecule has 0 aliphatic heterocycles. The van der Waals surface area contributed by atoms with E-state index in [1.807, 2.05) is 45.0 Å². The fraction of sp³-hybridized carbons (Fsp3) is 0.333. The Balaban J connectivity index is 1.63. The van der Waals surface area contributed by atoms with Crippen molar-refractivity contribution in [2.45, 2.75) is 51.7 Å². The first-order valence-corrected chi connectivity index (χ1v) is 11.2. The number of benzene rings is 2. The number of hydrogen-bond donors (Lipinski definition) is 1. The van der Waals surface area contributed by atoms with Crippen LogP contribution in [-0.2, 0) is 11.2 Å². The van der Waals surface area contributed by atoms with E-state index in [0.717, 1.165) is 41.0 Å². The van der Waals surface area contributed by atoms with Gasteiger partial charge in [-0.2, -0.15) is 5.26 Å². The Morgan fingerprint density at radius 2 is 2.03 bits per heavy atom. The number of alkyl carbamates (subject to hydrolysis) is 1. The highest BCUT2D eigenvalue weighted by Crippen LogP contribution is 2.39. The summed E-state index contributed by atoms with van der Waals surface area (Å²) in [7, 11) is 0. The summed E-state index contributed by atoms with van der Waals surface area (Å²) >= 11 is 1.39. The molecule has 4 rings (SSSR count). The first-order valence-electron chi connectivity index (χ1n) is 10.4. The second kappa shape index (κ2) is 8.67. The summed E-state index contributed by atoms with van der Waals surface area (Å²) in [6.07, 6.45) is 2.22. The molecule has 3 aromatic rings. The number of fused-ring (bicyclic) bond motifs is 1. The second-order valence-electron chi connectivity index (χ2n) is 8.68. The molecule has 1 unspecified atom stereocenters. The smallest absolute Gasteiger partial charge is 0.408 e. The summed E-state index contributed by atoms with van der Waals surface area (Å²) in [6, 6.07) is 12.1. The van der Waals surface area contributed by atoms with Crippen LogP contribution in [0.5, 0.6) is 0 Å². The van der Waals surface area contributed by atoms with Crippen LogP contribution in [0.3, 0.4) is 0 Å². The first kappa shape index (κ1) is 21.9. The van der Waals surface area contributed by atoms with E-state index in [1.165, 1.54) is 23.5 Å². The molecule has 1 N–H and O–H groups in total. The number of rotatable bonds is 3. The Hall–Kier alpha value is -3.31. The molecule has 2 aromatic carbocycles. The van der Waals surface area contributed by atoms with Gasteiger partial charge in [0, 0.05) is 11.1 Å². The maximum Gasteiger partial charge on any atom is 0.408 e. The van der Waals surface area contributed by atoms with Crippen LogP contribution in [0.4, 0.5) is 9.18 Å². The zero-order valence-corrected chi connectivity index (χ0v) is 18.9. The van der Waals surface area contributed by atoms with Gasteiger partial charge in [0.15, 0.2) is 0 Å². The number of nitrogens with one attached hydrogen (secondary N) is 1. The van der Waals surface area contributed by atoms with Gasteiger partial charge in [-0.15, -0.1) is 10.2 Å². The Kier molecular flexibility index (Phi) is 5.94. The lowest BCUT2D eigenvalue weighted by Gasteiger charge is -2.29. The first-order chi connectivity index (χ1) is 15.2. The Labute approximate surface area is 190 Å². The lowest BCUT2D eigenvalue weighted by Crippen LogP contribution is -2.36. The van der Waals surface area contributed by atoms with Gasteiger partial charge in [-0.3, -0.25) is 0 Å². The highest BCUT2D eigenvalue weighted by molar-refractivity contribution is 7.17. The molecule has 164 valence electrons. The van der Waals surface area contributed by atoms with Crippen molar-refractivity contribution in [1.29, 1.82) is 5.26 Å². The molecule has 0 fully saturated rings. The summed E-state index contributed by atoms with van der Waals surface area (Å²) in [5.41, 5.74) is 3.25. The zero-order valence-electron chi connectivity index (χ0n) is 18.1. The molecule has 6 nitrogen and oxygen atoms in total. The molecule has 8 heteroatoms. The molecule has 1 aliphatic carbocycles. The predicted molar refractivity (Wildman–Crippen MR) is 121 cm³/mol. The number of carbonyl (C=O) groups excluding carboxylic acids is 1. The number of carbonyl (C=O) groups is 1. The van der Waals surface area contributed by atoms with Gasteiger partial charge in [0.2, 0.25) is 0 Å². The van der Waals surface area contributed by atoms with Crippen LogP contribution in [-0.4, -0.2) is 21.9 Å². The average Bonchev–Trinajstić information content (AvgIpc) is 3.22. The molecule has 1 aliphatic rings. The van der Waals surface area contributed by atoms with Crippen LogP contribution in [0.1, 0.15) is 56.3 Å². The number of nitriles is 1. The van der Waals surface area contributed by atoms with Crippen LogP contribution >= 0.6 is 11.3 Å². The van der Waals surface area contributed by atoms with Crippen LogP contribution in [0.2, 0.25) is 0 Å². The van der Waals surface area contributed by atoms with E-state index in [1.54, 1.807) is 6.07 Å². The van der Waals surface area contributed by atoms with Crippen molar-refractivity contribution in [3.63, 3.8) is 0 Å². The van der Waals surface area contributed by atoms with Gasteiger partial charge in [0.1, 0.15) is 27.5 Å². The normalized spacial score (nSPS) is 15.5. The average molecular weight is 451 g/mol. The molecule has 1 aromatic heterocycles. The standard InChI is InChI=1S/C24H23FN4O2S/c1-24(2,3)31-23(30)27-20-9-5-6-16-17(20)7-4-8-18(16)22-29-28-21(32-22)14-10-11-19(25)15(12-14)13-26/h4,7-8,10-12,20H,5-6,9H2,1-3H3,(H,27,30).